The van der Waals surface area contributed by atoms with Crippen LogP contribution in [0, 0.1) is 11.7 Å². The molecular formula is C13H17ClFNO3S. The molecule has 1 aliphatic heterocycles. The molecule has 112 valence electrons. The van der Waals surface area contributed by atoms with Crippen LogP contribution in [0.4, 0.5) is 4.39 Å². The van der Waals surface area contributed by atoms with Gasteiger partial charge < -0.3 is 10.1 Å². The summed E-state index contributed by atoms with van der Waals surface area (Å²) in [5.41, 5.74) is 0.615. The van der Waals surface area contributed by atoms with Crippen molar-refractivity contribution in [1.82, 2.24) is 5.32 Å². The van der Waals surface area contributed by atoms with Gasteiger partial charge in [-0.15, -0.1) is 0 Å². The summed E-state index contributed by atoms with van der Waals surface area (Å²) in [6, 6.07) is 4.45. The van der Waals surface area contributed by atoms with Crippen LogP contribution in [-0.4, -0.2) is 40.1 Å². The van der Waals surface area contributed by atoms with Gasteiger partial charge in [-0.1, -0.05) is 17.7 Å². The normalized spacial score (nSPS) is 24.4. The van der Waals surface area contributed by atoms with Crippen molar-refractivity contribution in [3.8, 4) is 0 Å². The van der Waals surface area contributed by atoms with Gasteiger partial charge in [0.2, 0.25) is 0 Å². The first kappa shape index (κ1) is 15.7. The lowest BCUT2D eigenvalue weighted by molar-refractivity contribution is 0.0367. The molecule has 0 spiro atoms. The topological polar surface area (TPSA) is 55.4 Å². The Morgan fingerprint density at radius 3 is 2.90 bits per heavy atom. The van der Waals surface area contributed by atoms with Crippen LogP contribution in [0.25, 0.3) is 0 Å². The lowest BCUT2D eigenvalue weighted by Crippen LogP contribution is -2.30. The Kier molecular flexibility index (Phi) is 5.01. The van der Waals surface area contributed by atoms with Gasteiger partial charge in [-0.2, -0.15) is 0 Å². The second kappa shape index (κ2) is 6.39. The second-order valence-corrected chi connectivity index (χ2v) is 7.61. The number of hydrogen-bond acceptors (Lipinski definition) is 4. The van der Waals surface area contributed by atoms with Gasteiger partial charge in [0, 0.05) is 25.3 Å². The molecule has 2 rings (SSSR count). The number of rotatable bonds is 3. The van der Waals surface area contributed by atoms with Crippen LogP contribution in [0.2, 0.25) is 5.02 Å². The minimum atomic E-state index is -3.14. The summed E-state index contributed by atoms with van der Waals surface area (Å²) in [6.07, 6.45) is 0.740. The minimum Gasteiger partial charge on any atom is -0.372 e. The van der Waals surface area contributed by atoms with Crippen molar-refractivity contribution >= 4 is 21.4 Å². The van der Waals surface area contributed by atoms with Gasteiger partial charge in [-0.3, -0.25) is 0 Å². The highest BCUT2D eigenvalue weighted by molar-refractivity contribution is 7.90. The molecule has 7 heteroatoms. The third kappa shape index (κ3) is 4.15. The average molecular weight is 322 g/mol. The van der Waals surface area contributed by atoms with Crippen molar-refractivity contribution in [2.75, 3.05) is 31.7 Å². The standard InChI is InChI=1S/C13H17ClFNO3S/c1-20(17,18)8-10-7-16-4-5-19-13(10)9-2-3-11(14)12(15)6-9/h2-3,6,10,13,16H,4-5,7-8H2,1H3. The van der Waals surface area contributed by atoms with Crippen molar-refractivity contribution in [2.45, 2.75) is 6.10 Å². The van der Waals surface area contributed by atoms with Crippen molar-refractivity contribution in [2.24, 2.45) is 5.92 Å². The Morgan fingerprint density at radius 2 is 2.25 bits per heavy atom. The van der Waals surface area contributed by atoms with E-state index in [2.05, 4.69) is 5.32 Å². The summed E-state index contributed by atoms with van der Waals surface area (Å²) in [5, 5.41) is 3.18. The first-order valence-electron chi connectivity index (χ1n) is 6.32. The average Bonchev–Trinajstić information content (AvgIpc) is 2.56. The van der Waals surface area contributed by atoms with Crippen LogP contribution in [0.5, 0.6) is 0 Å². The van der Waals surface area contributed by atoms with E-state index in [-0.39, 0.29) is 16.7 Å². The molecule has 0 aromatic heterocycles. The van der Waals surface area contributed by atoms with E-state index < -0.39 is 21.8 Å². The van der Waals surface area contributed by atoms with Crippen LogP contribution in [0.1, 0.15) is 11.7 Å². The van der Waals surface area contributed by atoms with E-state index in [1.807, 2.05) is 0 Å². The zero-order valence-electron chi connectivity index (χ0n) is 11.1. The fourth-order valence-corrected chi connectivity index (χ4v) is 3.57. The second-order valence-electron chi connectivity index (χ2n) is 5.02. The third-order valence-electron chi connectivity index (χ3n) is 3.20. The van der Waals surface area contributed by atoms with Crippen LogP contribution in [-0.2, 0) is 14.6 Å². The Labute approximate surface area is 123 Å². The maximum Gasteiger partial charge on any atom is 0.147 e. The predicted molar refractivity (Wildman–Crippen MR) is 76.2 cm³/mol. The number of sulfone groups is 1. The largest absolute Gasteiger partial charge is 0.372 e. The van der Waals surface area contributed by atoms with Crippen molar-refractivity contribution < 1.29 is 17.5 Å². The molecule has 4 nitrogen and oxygen atoms in total. The van der Waals surface area contributed by atoms with E-state index in [1.54, 1.807) is 6.07 Å². The highest BCUT2D eigenvalue weighted by Crippen LogP contribution is 2.30. The Bertz CT molecular complexity index is 579. The highest BCUT2D eigenvalue weighted by Gasteiger charge is 2.29. The van der Waals surface area contributed by atoms with Gasteiger partial charge in [0.05, 0.1) is 23.5 Å². The van der Waals surface area contributed by atoms with Crippen molar-refractivity contribution in [3.05, 3.63) is 34.6 Å². The maximum absolute atomic E-state index is 13.6. The van der Waals surface area contributed by atoms with E-state index >= 15 is 0 Å². The SMILES string of the molecule is CS(=O)(=O)CC1CNCCOC1c1ccc(Cl)c(F)c1. The number of nitrogens with one attached hydrogen (secondary N) is 1. The fraction of sp³-hybridized carbons (Fsp3) is 0.538. The molecule has 0 saturated carbocycles. The monoisotopic (exact) mass is 321 g/mol. The molecule has 1 heterocycles. The third-order valence-corrected chi connectivity index (χ3v) is 4.54. The first-order valence-corrected chi connectivity index (χ1v) is 8.75. The smallest absolute Gasteiger partial charge is 0.147 e. The highest BCUT2D eigenvalue weighted by atomic mass is 35.5. The molecule has 1 aliphatic rings. The molecule has 2 atom stereocenters. The fourth-order valence-electron chi connectivity index (χ4n) is 2.38. The summed E-state index contributed by atoms with van der Waals surface area (Å²) in [6.45, 7) is 1.62. The summed E-state index contributed by atoms with van der Waals surface area (Å²) >= 11 is 5.67. The molecule has 2 unspecified atom stereocenters. The summed E-state index contributed by atoms with van der Waals surface area (Å²) in [5.74, 6) is -0.786. The predicted octanol–water partition coefficient (Wildman–Crippen LogP) is 1.80. The van der Waals surface area contributed by atoms with E-state index in [4.69, 9.17) is 16.3 Å². The van der Waals surface area contributed by atoms with Crippen molar-refractivity contribution in [3.63, 3.8) is 0 Å². The number of benzene rings is 1. The van der Waals surface area contributed by atoms with Gasteiger partial charge >= 0.3 is 0 Å². The summed E-state index contributed by atoms with van der Waals surface area (Å²) in [4.78, 5) is 0. The van der Waals surface area contributed by atoms with Crippen molar-refractivity contribution in [1.29, 1.82) is 0 Å². The molecule has 0 amide bonds. The van der Waals surface area contributed by atoms with E-state index in [1.165, 1.54) is 18.4 Å². The zero-order chi connectivity index (χ0) is 14.8. The molecule has 1 aromatic rings. The molecule has 1 fully saturated rings. The van der Waals surface area contributed by atoms with Gasteiger partial charge in [-0.05, 0) is 17.7 Å². The van der Waals surface area contributed by atoms with Crippen LogP contribution >= 0.6 is 11.6 Å². The Hall–Kier alpha value is -0.690. The summed E-state index contributed by atoms with van der Waals surface area (Å²) < 4.78 is 42.3. The number of ether oxygens (including phenoxy) is 1. The molecule has 0 bridgehead atoms. The van der Waals surface area contributed by atoms with Gasteiger partial charge in [-0.25, -0.2) is 12.8 Å². The van der Waals surface area contributed by atoms with Gasteiger partial charge in [0.1, 0.15) is 15.7 Å². The lowest BCUT2D eigenvalue weighted by atomic mass is 9.97. The summed E-state index contributed by atoms with van der Waals surface area (Å²) in [7, 11) is -3.14. The molecule has 1 N–H and O–H groups in total. The van der Waals surface area contributed by atoms with Gasteiger partial charge in [0.25, 0.3) is 0 Å². The van der Waals surface area contributed by atoms with Crippen LogP contribution in [0.3, 0.4) is 0 Å². The zero-order valence-corrected chi connectivity index (χ0v) is 12.7. The van der Waals surface area contributed by atoms with E-state index in [9.17, 15) is 12.8 Å². The Morgan fingerprint density at radius 1 is 1.50 bits per heavy atom. The van der Waals surface area contributed by atoms with Crippen LogP contribution in [0.15, 0.2) is 18.2 Å². The minimum absolute atomic E-state index is 0.00505. The van der Waals surface area contributed by atoms with E-state index in [0.29, 0.717) is 25.3 Å². The molecule has 1 aromatic carbocycles. The molecular weight excluding hydrogens is 305 g/mol. The molecule has 20 heavy (non-hydrogen) atoms. The maximum atomic E-state index is 13.6. The van der Waals surface area contributed by atoms with E-state index in [0.717, 1.165) is 0 Å². The van der Waals surface area contributed by atoms with Gasteiger partial charge in [0.15, 0.2) is 0 Å². The lowest BCUT2D eigenvalue weighted by Gasteiger charge is -2.24. The molecule has 0 aliphatic carbocycles. The molecule has 0 radical (unpaired) electrons. The Balaban J connectivity index is 2.29. The first-order chi connectivity index (χ1) is 9.37. The van der Waals surface area contributed by atoms with Crippen LogP contribution < -0.4 is 5.32 Å². The number of hydrogen-bond donors (Lipinski definition) is 1. The number of halogens is 2. The quantitative estimate of drug-likeness (QED) is 0.922. The molecule has 1 saturated heterocycles.